The third kappa shape index (κ3) is 4.68. The van der Waals surface area contributed by atoms with Gasteiger partial charge < -0.3 is 15.0 Å². The van der Waals surface area contributed by atoms with E-state index in [4.69, 9.17) is 27.9 Å². The maximum Gasteiger partial charge on any atom is 0.264 e. The fourth-order valence-corrected chi connectivity index (χ4v) is 3.54. The van der Waals surface area contributed by atoms with Gasteiger partial charge in [-0.15, -0.1) is 0 Å². The summed E-state index contributed by atoms with van der Waals surface area (Å²) in [7, 11) is 0. The lowest BCUT2D eigenvalue weighted by Crippen LogP contribution is -2.43. The van der Waals surface area contributed by atoms with Crippen LogP contribution in [0.25, 0.3) is 0 Å². The van der Waals surface area contributed by atoms with E-state index in [2.05, 4.69) is 12.2 Å². The number of carbonyl (C=O) groups excluding carboxylic acids is 2. The normalized spacial score (nSPS) is 17.2. The smallest absolute Gasteiger partial charge is 0.264 e. The number of carbonyl (C=O) groups is 2. The lowest BCUT2D eigenvalue weighted by Gasteiger charge is -2.28. The second-order valence-corrected chi connectivity index (χ2v) is 7.96. The summed E-state index contributed by atoms with van der Waals surface area (Å²) in [5, 5.41) is 3.59. The molecule has 2 aromatic carbocycles. The summed E-state index contributed by atoms with van der Waals surface area (Å²) in [4.78, 5) is 27.3. The molecule has 2 atom stereocenters. The molecule has 3 rings (SSSR count). The zero-order valence-electron chi connectivity index (χ0n) is 16.7. The fourth-order valence-electron chi connectivity index (χ4n) is 3.24. The molecular formula is C22H24Cl2N2O3. The largest absolute Gasteiger partial charge is 0.480 e. The Hall–Kier alpha value is -2.24. The minimum atomic E-state index is -0.498. The predicted molar refractivity (Wildman–Crippen MR) is 116 cm³/mol. The Morgan fingerprint density at radius 3 is 2.62 bits per heavy atom. The van der Waals surface area contributed by atoms with Gasteiger partial charge in [-0.25, -0.2) is 0 Å². The second-order valence-electron chi connectivity index (χ2n) is 7.14. The Labute approximate surface area is 180 Å². The summed E-state index contributed by atoms with van der Waals surface area (Å²) in [6.45, 7) is 6.47. The Morgan fingerprint density at radius 1 is 1.21 bits per heavy atom. The number of anilines is 1. The van der Waals surface area contributed by atoms with Crippen molar-refractivity contribution in [2.45, 2.75) is 52.3 Å². The molecule has 0 aliphatic carbocycles. The molecule has 1 heterocycles. The first-order valence-electron chi connectivity index (χ1n) is 9.70. The van der Waals surface area contributed by atoms with Crippen LogP contribution in [0.2, 0.25) is 10.0 Å². The topological polar surface area (TPSA) is 58.6 Å². The molecular weight excluding hydrogens is 411 g/mol. The SMILES string of the molecule is CC[C@@H]1Oc2ccc(NC(=O)c3ccc(Cl)c(Cl)c3)cc2CN([C@H](C)CC)C1=O. The van der Waals surface area contributed by atoms with Crippen molar-refractivity contribution in [3.05, 3.63) is 57.6 Å². The Balaban J connectivity index is 1.87. The lowest BCUT2D eigenvalue weighted by molar-refractivity contribution is -0.140. The van der Waals surface area contributed by atoms with Crippen LogP contribution in [0, 0.1) is 0 Å². The van der Waals surface area contributed by atoms with E-state index in [0.717, 1.165) is 12.0 Å². The van der Waals surface area contributed by atoms with Gasteiger partial charge in [-0.05, 0) is 56.2 Å². The highest BCUT2D eigenvalue weighted by atomic mass is 35.5. The van der Waals surface area contributed by atoms with Gasteiger partial charge in [-0.2, -0.15) is 0 Å². The number of ether oxygens (including phenoxy) is 1. The molecule has 5 nitrogen and oxygen atoms in total. The van der Waals surface area contributed by atoms with Crippen molar-refractivity contribution < 1.29 is 14.3 Å². The number of hydrogen-bond acceptors (Lipinski definition) is 3. The van der Waals surface area contributed by atoms with E-state index in [0.29, 0.717) is 40.0 Å². The molecule has 2 aromatic rings. The van der Waals surface area contributed by atoms with Crippen LogP contribution in [0.5, 0.6) is 5.75 Å². The number of hydrogen-bond donors (Lipinski definition) is 1. The molecule has 0 bridgehead atoms. The molecule has 0 spiro atoms. The monoisotopic (exact) mass is 434 g/mol. The van der Waals surface area contributed by atoms with E-state index in [9.17, 15) is 9.59 Å². The molecule has 154 valence electrons. The molecule has 1 aliphatic rings. The summed E-state index contributed by atoms with van der Waals surface area (Å²) < 4.78 is 5.98. The van der Waals surface area contributed by atoms with Crippen LogP contribution in [-0.4, -0.2) is 28.9 Å². The van der Waals surface area contributed by atoms with Crippen LogP contribution in [0.15, 0.2) is 36.4 Å². The summed E-state index contributed by atoms with van der Waals surface area (Å²) in [6.07, 6.45) is 0.952. The zero-order chi connectivity index (χ0) is 21.1. The van der Waals surface area contributed by atoms with E-state index < -0.39 is 6.10 Å². The van der Waals surface area contributed by atoms with Crippen molar-refractivity contribution in [1.82, 2.24) is 4.90 Å². The highest BCUT2D eigenvalue weighted by Gasteiger charge is 2.32. The van der Waals surface area contributed by atoms with Crippen LogP contribution in [0.3, 0.4) is 0 Å². The first-order valence-corrected chi connectivity index (χ1v) is 10.5. The summed E-state index contributed by atoms with van der Waals surface area (Å²) in [6, 6.07) is 10.3. The van der Waals surface area contributed by atoms with Gasteiger partial charge in [0, 0.05) is 29.4 Å². The van der Waals surface area contributed by atoms with Gasteiger partial charge >= 0.3 is 0 Å². The average Bonchev–Trinajstić information content (AvgIpc) is 2.85. The summed E-state index contributed by atoms with van der Waals surface area (Å²) in [5.41, 5.74) is 1.89. The van der Waals surface area contributed by atoms with Crippen molar-refractivity contribution in [2.24, 2.45) is 0 Å². The van der Waals surface area contributed by atoms with Gasteiger partial charge in [0.15, 0.2) is 6.10 Å². The number of nitrogens with one attached hydrogen (secondary N) is 1. The quantitative estimate of drug-likeness (QED) is 0.671. The number of nitrogens with zero attached hydrogens (tertiary/aromatic N) is 1. The molecule has 0 unspecified atom stereocenters. The van der Waals surface area contributed by atoms with Crippen molar-refractivity contribution in [3.63, 3.8) is 0 Å². The van der Waals surface area contributed by atoms with E-state index in [1.807, 2.05) is 24.8 Å². The predicted octanol–water partition coefficient (Wildman–Crippen LogP) is 5.54. The third-order valence-electron chi connectivity index (χ3n) is 5.16. The van der Waals surface area contributed by atoms with E-state index >= 15 is 0 Å². The van der Waals surface area contributed by atoms with Gasteiger partial charge in [0.05, 0.1) is 10.0 Å². The van der Waals surface area contributed by atoms with Crippen LogP contribution >= 0.6 is 23.2 Å². The number of benzene rings is 2. The van der Waals surface area contributed by atoms with Crippen molar-refractivity contribution in [1.29, 1.82) is 0 Å². The minimum Gasteiger partial charge on any atom is -0.480 e. The maximum absolute atomic E-state index is 12.9. The van der Waals surface area contributed by atoms with Gasteiger partial charge in [0.2, 0.25) is 0 Å². The molecule has 1 N–H and O–H groups in total. The Bertz CT molecular complexity index is 932. The second kappa shape index (κ2) is 9.06. The first kappa shape index (κ1) is 21.5. The zero-order valence-corrected chi connectivity index (χ0v) is 18.2. The van der Waals surface area contributed by atoms with Gasteiger partial charge in [0.1, 0.15) is 5.75 Å². The van der Waals surface area contributed by atoms with Crippen molar-refractivity contribution in [2.75, 3.05) is 5.32 Å². The van der Waals surface area contributed by atoms with Crippen LogP contribution < -0.4 is 10.1 Å². The number of halogens is 2. The lowest BCUT2D eigenvalue weighted by atomic mass is 10.1. The fraction of sp³-hybridized carbons (Fsp3) is 0.364. The van der Waals surface area contributed by atoms with Crippen LogP contribution in [-0.2, 0) is 11.3 Å². The summed E-state index contributed by atoms with van der Waals surface area (Å²) in [5.74, 6) is 0.377. The molecule has 7 heteroatoms. The van der Waals surface area contributed by atoms with Gasteiger partial charge in [-0.1, -0.05) is 37.0 Å². The van der Waals surface area contributed by atoms with Crippen LogP contribution in [0.1, 0.15) is 49.5 Å². The van der Waals surface area contributed by atoms with Gasteiger partial charge in [0.25, 0.3) is 11.8 Å². The molecule has 0 fully saturated rings. The Morgan fingerprint density at radius 2 is 1.97 bits per heavy atom. The number of rotatable bonds is 5. The first-order chi connectivity index (χ1) is 13.8. The molecule has 2 amide bonds. The van der Waals surface area contributed by atoms with Crippen molar-refractivity contribution >= 4 is 40.7 Å². The molecule has 29 heavy (non-hydrogen) atoms. The Kier molecular flexibility index (Phi) is 6.70. The standard InChI is InChI=1S/C22H24Cl2N2O3/c1-4-13(3)26-12-15-10-16(7-9-20(15)29-19(5-2)22(26)28)25-21(27)14-6-8-17(23)18(24)11-14/h6-11,13,19H,4-5,12H2,1-3H3,(H,25,27)/t13-,19+/m1/s1. The maximum atomic E-state index is 12.9. The van der Waals surface area contributed by atoms with Crippen LogP contribution in [0.4, 0.5) is 5.69 Å². The molecule has 0 saturated carbocycles. The highest BCUT2D eigenvalue weighted by molar-refractivity contribution is 6.42. The average molecular weight is 435 g/mol. The highest BCUT2D eigenvalue weighted by Crippen LogP contribution is 2.31. The molecule has 0 saturated heterocycles. The van der Waals surface area contributed by atoms with Gasteiger partial charge in [-0.3, -0.25) is 9.59 Å². The molecule has 0 aromatic heterocycles. The van der Waals surface area contributed by atoms with E-state index in [1.54, 1.807) is 24.3 Å². The number of amides is 2. The minimum absolute atomic E-state index is 0.000517. The molecule has 1 aliphatic heterocycles. The number of fused-ring (bicyclic) bond motifs is 1. The van der Waals surface area contributed by atoms with E-state index in [-0.39, 0.29) is 17.9 Å². The third-order valence-corrected chi connectivity index (χ3v) is 5.90. The summed E-state index contributed by atoms with van der Waals surface area (Å²) >= 11 is 11.9. The van der Waals surface area contributed by atoms with E-state index in [1.165, 1.54) is 6.07 Å². The van der Waals surface area contributed by atoms with Crippen molar-refractivity contribution in [3.8, 4) is 5.75 Å². The molecule has 0 radical (unpaired) electrons.